The third-order valence-electron chi connectivity index (χ3n) is 9.13. The average molecular weight is 428 g/mol. The summed E-state index contributed by atoms with van der Waals surface area (Å²) in [4.78, 5) is 24.9. The summed E-state index contributed by atoms with van der Waals surface area (Å²) in [6.45, 7) is 8.52. The lowest BCUT2D eigenvalue weighted by Crippen LogP contribution is -2.53. The second-order valence-electron chi connectivity index (χ2n) is 11.1. The molecule has 1 N–H and O–H groups in total. The fourth-order valence-corrected chi connectivity index (χ4v) is 7.49. The molecule has 2 fully saturated rings. The Bertz CT molecular complexity index is 878. The number of allylic oxidation sites excluding steroid dienone is 4. The maximum atomic E-state index is 13.2. The van der Waals surface area contributed by atoms with E-state index in [1.54, 1.807) is 0 Å². The van der Waals surface area contributed by atoms with Crippen LogP contribution in [0.15, 0.2) is 23.3 Å². The van der Waals surface area contributed by atoms with Crippen molar-refractivity contribution in [2.75, 3.05) is 0 Å². The first-order valence-electron chi connectivity index (χ1n) is 11.4. The van der Waals surface area contributed by atoms with Gasteiger partial charge in [0.05, 0.1) is 5.54 Å². The highest BCUT2D eigenvalue weighted by Gasteiger charge is 2.59. The molecule has 4 aliphatic rings. The second-order valence-corrected chi connectivity index (χ2v) is 11.4. The molecule has 4 aliphatic carbocycles. The van der Waals surface area contributed by atoms with E-state index in [2.05, 4.69) is 37.2 Å². The first-order chi connectivity index (χ1) is 14.0. The highest BCUT2D eigenvalue weighted by Crippen LogP contribution is 2.66. The summed E-state index contributed by atoms with van der Waals surface area (Å²) in [5.74, 6) is 4.66. The van der Waals surface area contributed by atoms with Gasteiger partial charge in [0.15, 0.2) is 0 Å². The standard InChI is InChI=1S/C26H34ClNO2/c1-6-24(2,3)28-23(30)21-10-9-19-18-8-7-17-15-16(22(27)29)11-13-25(17,4)20(18)12-14-26(19,21)5/h1,7,15,18-21H,8-14H2,2-5H3,(H,28,30)/t18-,19-,20-,21+,25-,26-/m0/s1. The van der Waals surface area contributed by atoms with Crippen molar-refractivity contribution < 1.29 is 9.59 Å². The largest absolute Gasteiger partial charge is 0.340 e. The molecule has 4 heteroatoms. The number of carbonyl (C=O) groups excluding carboxylic acids is 2. The van der Waals surface area contributed by atoms with Crippen LogP contribution in [0.25, 0.3) is 0 Å². The van der Waals surface area contributed by atoms with Gasteiger partial charge in [-0.1, -0.05) is 31.9 Å². The van der Waals surface area contributed by atoms with Crippen LogP contribution in [-0.4, -0.2) is 16.7 Å². The summed E-state index contributed by atoms with van der Waals surface area (Å²) < 4.78 is 0. The first-order valence-corrected chi connectivity index (χ1v) is 11.8. The Morgan fingerprint density at radius 1 is 1.20 bits per heavy atom. The summed E-state index contributed by atoms with van der Waals surface area (Å²) in [5, 5.41) is 2.80. The van der Waals surface area contributed by atoms with E-state index in [0.717, 1.165) is 50.5 Å². The van der Waals surface area contributed by atoms with Gasteiger partial charge in [-0.3, -0.25) is 9.59 Å². The molecule has 6 atom stereocenters. The molecule has 2 saturated carbocycles. The number of carbonyl (C=O) groups is 2. The van der Waals surface area contributed by atoms with Gasteiger partial charge >= 0.3 is 0 Å². The van der Waals surface area contributed by atoms with Gasteiger partial charge in [0.2, 0.25) is 11.1 Å². The molecule has 0 aliphatic heterocycles. The highest BCUT2D eigenvalue weighted by atomic mass is 35.5. The van der Waals surface area contributed by atoms with Gasteiger partial charge in [0.25, 0.3) is 0 Å². The van der Waals surface area contributed by atoms with Crippen LogP contribution >= 0.6 is 11.6 Å². The fourth-order valence-electron chi connectivity index (χ4n) is 7.34. The number of hydrogen-bond donors (Lipinski definition) is 1. The number of hydrogen-bond acceptors (Lipinski definition) is 2. The maximum Gasteiger partial charge on any atom is 0.248 e. The molecular formula is C26H34ClNO2. The molecule has 0 aromatic heterocycles. The minimum atomic E-state index is -0.606. The molecule has 0 radical (unpaired) electrons. The Morgan fingerprint density at radius 3 is 2.60 bits per heavy atom. The predicted octanol–water partition coefficient (Wildman–Crippen LogP) is 5.40. The van der Waals surface area contributed by atoms with Crippen LogP contribution in [-0.2, 0) is 9.59 Å². The van der Waals surface area contributed by atoms with Crippen molar-refractivity contribution >= 4 is 22.8 Å². The van der Waals surface area contributed by atoms with Crippen LogP contribution in [0.3, 0.4) is 0 Å². The number of terminal acetylenes is 1. The van der Waals surface area contributed by atoms with Crippen molar-refractivity contribution in [3.63, 3.8) is 0 Å². The minimum absolute atomic E-state index is 0.0411. The minimum Gasteiger partial charge on any atom is -0.340 e. The zero-order chi connectivity index (χ0) is 21.9. The van der Waals surface area contributed by atoms with E-state index in [1.807, 2.05) is 13.8 Å². The van der Waals surface area contributed by atoms with Crippen molar-refractivity contribution in [2.24, 2.45) is 34.5 Å². The van der Waals surface area contributed by atoms with Crippen LogP contribution in [0.5, 0.6) is 0 Å². The van der Waals surface area contributed by atoms with Crippen LogP contribution in [0.4, 0.5) is 0 Å². The molecule has 30 heavy (non-hydrogen) atoms. The lowest BCUT2D eigenvalue weighted by atomic mass is 9.48. The number of rotatable bonds is 3. The number of nitrogens with one attached hydrogen (secondary N) is 1. The summed E-state index contributed by atoms with van der Waals surface area (Å²) in [7, 11) is 0. The third kappa shape index (κ3) is 3.27. The van der Waals surface area contributed by atoms with Crippen LogP contribution in [0.2, 0.25) is 0 Å². The van der Waals surface area contributed by atoms with Crippen LogP contribution < -0.4 is 5.32 Å². The van der Waals surface area contributed by atoms with E-state index < -0.39 is 5.54 Å². The van der Waals surface area contributed by atoms with Gasteiger partial charge in [-0.15, -0.1) is 6.42 Å². The molecular weight excluding hydrogens is 394 g/mol. The van der Waals surface area contributed by atoms with Gasteiger partial charge in [0, 0.05) is 11.5 Å². The van der Waals surface area contributed by atoms with E-state index in [1.165, 1.54) is 5.57 Å². The Balaban J connectivity index is 1.59. The Labute approximate surface area is 186 Å². The van der Waals surface area contributed by atoms with E-state index in [0.29, 0.717) is 17.8 Å². The molecule has 0 saturated heterocycles. The monoisotopic (exact) mass is 427 g/mol. The SMILES string of the molecule is C#CC(C)(C)NC(=O)[C@H]1CC[C@H]2[C@@H]3CC=C4C=C(C(=O)Cl)CC[C@]4(C)[C@H]3CC[C@]12C. The Kier molecular flexibility index (Phi) is 5.25. The lowest BCUT2D eigenvalue weighted by molar-refractivity contribution is -0.132. The highest BCUT2D eigenvalue weighted by molar-refractivity contribution is 6.67. The van der Waals surface area contributed by atoms with Gasteiger partial charge in [-0.2, -0.15) is 0 Å². The number of fused-ring (bicyclic) bond motifs is 5. The predicted molar refractivity (Wildman–Crippen MR) is 121 cm³/mol. The molecule has 0 unspecified atom stereocenters. The summed E-state index contributed by atoms with van der Waals surface area (Å²) in [5.41, 5.74) is 1.62. The van der Waals surface area contributed by atoms with E-state index in [-0.39, 0.29) is 27.9 Å². The molecule has 0 aromatic carbocycles. The van der Waals surface area contributed by atoms with Gasteiger partial charge in [-0.25, -0.2) is 0 Å². The molecule has 0 heterocycles. The van der Waals surface area contributed by atoms with Crippen molar-refractivity contribution in [1.82, 2.24) is 5.32 Å². The summed E-state index contributed by atoms with van der Waals surface area (Å²) >= 11 is 5.78. The van der Waals surface area contributed by atoms with Crippen LogP contribution in [0, 0.1) is 46.8 Å². The number of halogens is 1. The fraction of sp³-hybridized carbons (Fsp3) is 0.692. The molecule has 3 nitrogen and oxygen atoms in total. The molecule has 0 spiro atoms. The maximum absolute atomic E-state index is 13.2. The average Bonchev–Trinajstić information content (AvgIpc) is 3.04. The smallest absolute Gasteiger partial charge is 0.248 e. The van der Waals surface area contributed by atoms with E-state index in [4.69, 9.17) is 18.0 Å². The van der Waals surface area contributed by atoms with Gasteiger partial charge in [-0.05, 0) is 105 Å². The zero-order valence-corrected chi connectivity index (χ0v) is 19.4. The lowest BCUT2D eigenvalue weighted by Gasteiger charge is -2.57. The van der Waals surface area contributed by atoms with E-state index in [9.17, 15) is 9.59 Å². The van der Waals surface area contributed by atoms with Crippen molar-refractivity contribution in [2.45, 2.75) is 78.2 Å². The Morgan fingerprint density at radius 2 is 1.93 bits per heavy atom. The Hall–Kier alpha value is -1.53. The quantitative estimate of drug-likeness (QED) is 0.484. The van der Waals surface area contributed by atoms with Crippen molar-refractivity contribution in [1.29, 1.82) is 0 Å². The normalized spacial score (nSPS) is 40.1. The molecule has 162 valence electrons. The third-order valence-corrected chi connectivity index (χ3v) is 9.38. The van der Waals surface area contributed by atoms with Crippen molar-refractivity contribution in [3.05, 3.63) is 23.3 Å². The van der Waals surface area contributed by atoms with Crippen molar-refractivity contribution in [3.8, 4) is 12.3 Å². The molecule has 0 aromatic rings. The number of amides is 1. The summed E-state index contributed by atoms with van der Waals surface area (Å²) in [6.07, 6.45) is 17.1. The van der Waals surface area contributed by atoms with Crippen LogP contribution in [0.1, 0.15) is 72.6 Å². The topological polar surface area (TPSA) is 46.2 Å². The summed E-state index contributed by atoms with van der Waals surface area (Å²) in [6, 6.07) is 0. The molecule has 0 bridgehead atoms. The molecule has 1 amide bonds. The second kappa shape index (κ2) is 7.27. The van der Waals surface area contributed by atoms with Gasteiger partial charge in [0.1, 0.15) is 0 Å². The zero-order valence-electron chi connectivity index (χ0n) is 18.7. The van der Waals surface area contributed by atoms with E-state index >= 15 is 0 Å². The van der Waals surface area contributed by atoms with Gasteiger partial charge < -0.3 is 5.32 Å². The first kappa shape index (κ1) is 21.7. The molecule has 4 rings (SSSR count).